The molecule has 7 nitrogen and oxygen atoms in total. The van der Waals surface area contributed by atoms with E-state index in [0.717, 1.165) is 27.1 Å². The molecule has 4 rings (SSSR count). The zero-order valence-electron chi connectivity index (χ0n) is 13.6. The summed E-state index contributed by atoms with van der Waals surface area (Å²) >= 11 is 3.54. The van der Waals surface area contributed by atoms with Crippen molar-refractivity contribution in [2.24, 2.45) is 7.05 Å². The topological polar surface area (TPSA) is 75.5 Å². The quantitative estimate of drug-likeness (QED) is 0.559. The van der Waals surface area contributed by atoms with Gasteiger partial charge >= 0.3 is 0 Å². The molecule has 126 valence electrons. The van der Waals surface area contributed by atoms with Gasteiger partial charge in [-0.15, -0.1) is 0 Å². The second-order valence-corrected chi connectivity index (χ2v) is 6.48. The van der Waals surface area contributed by atoms with Gasteiger partial charge in [0.2, 0.25) is 0 Å². The molecular formula is C17H16BrN7. The molecular weight excluding hydrogens is 382 g/mol. The number of aryl methyl sites for hydroxylation is 1. The van der Waals surface area contributed by atoms with E-state index in [1.165, 1.54) is 5.56 Å². The molecule has 25 heavy (non-hydrogen) atoms. The predicted octanol–water partition coefficient (Wildman–Crippen LogP) is 3.06. The average molecular weight is 398 g/mol. The van der Waals surface area contributed by atoms with Crippen LogP contribution in [-0.4, -0.2) is 29.9 Å². The number of benzene rings is 1. The molecule has 3 aromatic heterocycles. The second kappa shape index (κ2) is 6.64. The summed E-state index contributed by atoms with van der Waals surface area (Å²) in [5, 5.41) is 12.4. The summed E-state index contributed by atoms with van der Waals surface area (Å²) < 4.78 is 2.49. The van der Waals surface area contributed by atoms with Crippen molar-refractivity contribution in [1.82, 2.24) is 29.9 Å². The summed E-state index contributed by atoms with van der Waals surface area (Å²) in [4.78, 5) is 11.1. The molecule has 0 saturated heterocycles. The standard InChI is InChI=1S/C17H16BrN7/c1-24-16-14(15(18)23-24)17(20-11-19-16)25(10-13-7-8-21-22-13)9-12-5-3-2-4-6-12/h2-8,11H,9-10H2,1H3,(H,21,22). The Morgan fingerprint density at radius 3 is 2.72 bits per heavy atom. The smallest absolute Gasteiger partial charge is 0.164 e. The van der Waals surface area contributed by atoms with Crippen LogP contribution in [0.3, 0.4) is 0 Å². The molecule has 0 atom stereocenters. The maximum atomic E-state index is 4.56. The molecule has 4 aromatic rings. The first kappa shape index (κ1) is 15.8. The van der Waals surface area contributed by atoms with Crippen LogP contribution in [0.4, 0.5) is 5.82 Å². The van der Waals surface area contributed by atoms with Crippen molar-refractivity contribution in [3.63, 3.8) is 0 Å². The molecule has 0 fully saturated rings. The number of hydrogen-bond acceptors (Lipinski definition) is 5. The first-order chi connectivity index (χ1) is 12.2. The maximum absolute atomic E-state index is 4.56. The van der Waals surface area contributed by atoms with E-state index < -0.39 is 0 Å². The average Bonchev–Trinajstić information content (AvgIpc) is 3.24. The lowest BCUT2D eigenvalue weighted by atomic mass is 10.2. The van der Waals surface area contributed by atoms with Gasteiger partial charge < -0.3 is 4.90 Å². The van der Waals surface area contributed by atoms with Crippen LogP contribution in [0.15, 0.2) is 53.5 Å². The number of nitrogens with zero attached hydrogens (tertiary/aromatic N) is 6. The first-order valence-corrected chi connectivity index (χ1v) is 8.62. The van der Waals surface area contributed by atoms with Crippen LogP contribution >= 0.6 is 15.9 Å². The van der Waals surface area contributed by atoms with Crippen molar-refractivity contribution < 1.29 is 0 Å². The predicted molar refractivity (Wildman–Crippen MR) is 98.9 cm³/mol. The Morgan fingerprint density at radius 1 is 1.12 bits per heavy atom. The van der Waals surface area contributed by atoms with Gasteiger partial charge in [-0.05, 0) is 27.6 Å². The third kappa shape index (κ3) is 3.12. The molecule has 0 unspecified atom stereocenters. The van der Waals surface area contributed by atoms with E-state index in [4.69, 9.17) is 0 Å². The van der Waals surface area contributed by atoms with Gasteiger partial charge in [-0.25, -0.2) is 14.6 Å². The number of halogens is 1. The fourth-order valence-electron chi connectivity index (χ4n) is 2.85. The molecule has 0 bridgehead atoms. The Bertz CT molecular complexity index is 979. The lowest BCUT2D eigenvalue weighted by Gasteiger charge is -2.23. The van der Waals surface area contributed by atoms with Crippen LogP contribution < -0.4 is 4.90 Å². The van der Waals surface area contributed by atoms with Crippen LogP contribution in [0.5, 0.6) is 0 Å². The van der Waals surface area contributed by atoms with Crippen LogP contribution in [0, 0.1) is 0 Å². The number of nitrogens with one attached hydrogen (secondary N) is 1. The highest BCUT2D eigenvalue weighted by molar-refractivity contribution is 9.10. The number of hydrogen-bond donors (Lipinski definition) is 1. The lowest BCUT2D eigenvalue weighted by Crippen LogP contribution is -2.23. The second-order valence-electron chi connectivity index (χ2n) is 5.73. The van der Waals surface area contributed by atoms with E-state index in [2.05, 4.69) is 58.2 Å². The van der Waals surface area contributed by atoms with Gasteiger partial charge in [0.05, 0.1) is 17.6 Å². The largest absolute Gasteiger partial charge is 0.346 e. The van der Waals surface area contributed by atoms with Gasteiger partial charge in [0, 0.05) is 19.8 Å². The van der Waals surface area contributed by atoms with Gasteiger partial charge in [0.25, 0.3) is 0 Å². The van der Waals surface area contributed by atoms with Gasteiger partial charge in [-0.3, -0.25) is 5.10 Å². The third-order valence-corrected chi connectivity index (χ3v) is 4.55. The van der Waals surface area contributed by atoms with E-state index in [1.807, 2.05) is 31.3 Å². The summed E-state index contributed by atoms with van der Waals surface area (Å²) in [5.74, 6) is 0.837. The molecule has 1 N–H and O–H groups in total. The SMILES string of the molecule is Cn1nc(Br)c2c(N(Cc3ccccc3)Cc3ccn[nH]3)ncnc21. The van der Waals surface area contributed by atoms with Gasteiger partial charge in [0.15, 0.2) is 5.65 Å². The fourth-order valence-corrected chi connectivity index (χ4v) is 3.45. The number of anilines is 1. The number of fused-ring (bicyclic) bond motifs is 1. The molecule has 0 aliphatic heterocycles. The molecule has 0 amide bonds. The van der Waals surface area contributed by atoms with Crippen LogP contribution in [-0.2, 0) is 20.1 Å². The highest BCUT2D eigenvalue weighted by atomic mass is 79.9. The minimum Gasteiger partial charge on any atom is -0.346 e. The van der Waals surface area contributed by atoms with Gasteiger partial charge in [-0.1, -0.05) is 30.3 Å². The van der Waals surface area contributed by atoms with Crippen molar-refractivity contribution in [3.05, 3.63) is 64.8 Å². The van der Waals surface area contributed by atoms with Crippen molar-refractivity contribution in [3.8, 4) is 0 Å². The van der Waals surface area contributed by atoms with E-state index in [0.29, 0.717) is 13.1 Å². The highest BCUT2D eigenvalue weighted by Crippen LogP contribution is 2.31. The molecule has 1 aromatic carbocycles. The summed E-state index contributed by atoms with van der Waals surface area (Å²) in [6.07, 6.45) is 3.34. The molecule has 0 spiro atoms. The van der Waals surface area contributed by atoms with Crippen LogP contribution in [0.1, 0.15) is 11.3 Å². The minimum atomic E-state index is 0.655. The van der Waals surface area contributed by atoms with Crippen molar-refractivity contribution in [2.75, 3.05) is 4.90 Å². The Kier molecular flexibility index (Phi) is 4.19. The van der Waals surface area contributed by atoms with E-state index >= 15 is 0 Å². The van der Waals surface area contributed by atoms with E-state index in [-0.39, 0.29) is 0 Å². The molecule has 0 aliphatic rings. The third-order valence-electron chi connectivity index (χ3n) is 3.99. The van der Waals surface area contributed by atoms with Crippen LogP contribution in [0.25, 0.3) is 11.0 Å². The minimum absolute atomic E-state index is 0.655. The molecule has 0 aliphatic carbocycles. The lowest BCUT2D eigenvalue weighted by molar-refractivity contribution is 0.762. The van der Waals surface area contributed by atoms with Crippen molar-refractivity contribution in [2.45, 2.75) is 13.1 Å². The van der Waals surface area contributed by atoms with Crippen molar-refractivity contribution in [1.29, 1.82) is 0 Å². The zero-order chi connectivity index (χ0) is 17.2. The molecule has 0 saturated carbocycles. The zero-order valence-corrected chi connectivity index (χ0v) is 15.2. The monoisotopic (exact) mass is 397 g/mol. The Balaban J connectivity index is 1.80. The van der Waals surface area contributed by atoms with Crippen LogP contribution in [0.2, 0.25) is 0 Å². The normalized spacial score (nSPS) is 11.1. The Labute approximate surface area is 152 Å². The highest BCUT2D eigenvalue weighted by Gasteiger charge is 2.19. The number of aromatic nitrogens is 6. The summed E-state index contributed by atoms with van der Waals surface area (Å²) in [6, 6.07) is 12.3. The van der Waals surface area contributed by atoms with Crippen molar-refractivity contribution >= 4 is 32.8 Å². The summed E-state index contributed by atoms with van der Waals surface area (Å²) in [6.45, 7) is 1.37. The fraction of sp³-hybridized carbons (Fsp3) is 0.176. The van der Waals surface area contributed by atoms with E-state index in [1.54, 1.807) is 17.2 Å². The van der Waals surface area contributed by atoms with Gasteiger partial charge in [-0.2, -0.15) is 10.2 Å². The number of rotatable bonds is 5. The molecule has 0 radical (unpaired) electrons. The summed E-state index contributed by atoms with van der Waals surface area (Å²) in [5.41, 5.74) is 3.01. The molecule has 3 heterocycles. The maximum Gasteiger partial charge on any atom is 0.164 e. The first-order valence-electron chi connectivity index (χ1n) is 7.82. The van der Waals surface area contributed by atoms with E-state index in [9.17, 15) is 0 Å². The number of H-pyrrole nitrogens is 1. The number of aromatic amines is 1. The Morgan fingerprint density at radius 2 is 1.96 bits per heavy atom. The Hall–Kier alpha value is -2.74. The molecule has 8 heteroatoms. The summed E-state index contributed by atoms with van der Waals surface area (Å²) in [7, 11) is 1.88. The van der Waals surface area contributed by atoms with Gasteiger partial charge in [0.1, 0.15) is 16.7 Å².